The minimum absolute atomic E-state index is 0.0711. The second-order valence-corrected chi connectivity index (χ2v) is 23.7. The third-order valence-corrected chi connectivity index (χ3v) is 16.5. The zero-order valence-electron chi connectivity index (χ0n) is 57.3. The van der Waals surface area contributed by atoms with Crippen LogP contribution in [0.2, 0.25) is 0 Å². The van der Waals surface area contributed by atoms with Gasteiger partial charge in [0.2, 0.25) is 0 Å². The lowest BCUT2D eigenvalue weighted by Gasteiger charge is -2.46. The molecule has 83 heavy (non-hydrogen) atoms. The number of hydrogen-bond donors (Lipinski definition) is 0. The highest BCUT2D eigenvalue weighted by atomic mass is 15.2. The minimum Gasteiger partial charge on any atom is -0.310 e. The minimum atomic E-state index is -0.580. The van der Waals surface area contributed by atoms with Gasteiger partial charge in [0.05, 0.1) is 25.1 Å². The maximum atomic E-state index is 9.46. The lowest BCUT2D eigenvalue weighted by molar-refractivity contribution is 0.570. The van der Waals surface area contributed by atoms with E-state index in [2.05, 4.69) is 179 Å². The molecule has 0 saturated heterocycles. The summed E-state index contributed by atoms with van der Waals surface area (Å²) in [5, 5.41) is 0. The van der Waals surface area contributed by atoms with Crippen LogP contribution in [0.1, 0.15) is 66.4 Å². The summed E-state index contributed by atoms with van der Waals surface area (Å²) in [6.45, 7) is 12.9. The van der Waals surface area contributed by atoms with Crippen LogP contribution in [0.3, 0.4) is 0 Å². The number of nitrogens with zero attached hydrogens (tertiary/aromatic N) is 2. The molecule has 398 valence electrons. The SMILES string of the molecule is [2H]c1c([2H])c([2H])c(-c2ccc3c(c2)N(c2c(-c4ccccc4)cccc2-c2ccccc2)c2cc(-c4ccc(C(C)(C)C)cc4C(C)(C)C)cc4c2B3c2ccc(-c3c([2H])c([2H])c([2H])c([2H])c3[2H])cc2N4c2c(-c3ccccc3)cccc2-c2ccccc2)c([2H])c1[2H]. The Labute approximate surface area is 504 Å². The van der Waals surface area contributed by atoms with Gasteiger partial charge in [-0.25, -0.2) is 0 Å². The first-order valence-corrected chi connectivity index (χ1v) is 28.5. The molecule has 2 nitrogen and oxygen atoms in total. The van der Waals surface area contributed by atoms with Crippen LogP contribution in [-0.2, 0) is 10.8 Å². The Bertz CT molecular complexity index is 4560. The number of hydrogen-bond acceptors (Lipinski definition) is 2. The van der Waals surface area contributed by atoms with Gasteiger partial charge in [0.25, 0.3) is 6.71 Å². The van der Waals surface area contributed by atoms with E-state index in [4.69, 9.17) is 8.22 Å². The monoisotopic (exact) mass is 1070 g/mol. The standard InChI is InChI=1S/C80H65BN2/c1-79(2,3)63-45-46-64(69(53-63)80(4,5)6)62-51-74-76-75(52-62)83(78-67(58-35-21-11-22-36-58)41-26-42-68(78)59-37-23-12-24-38-59)73-50-61(55-29-15-8-16-30-55)44-48-71(73)81(76)70-47-43-60(54-27-13-7-14-28-54)49-72(70)82(74)77-65(56-31-17-9-18-32-56)39-25-40-66(77)57-33-19-10-20-34-57/h7-53H,1-6H3/i7D,8D,13D,14D,15D,16D,27D,28D,29D,30D. The molecular formula is C80H65BN2. The van der Waals surface area contributed by atoms with Crippen molar-refractivity contribution in [1.29, 1.82) is 0 Å². The second-order valence-electron chi connectivity index (χ2n) is 23.7. The molecule has 0 bridgehead atoms. The summed E-state index contributed by atoms with van der Waals surface area (Å²) in [7, 11) is 0. The highest BCUT2D eigenvalue weighted by Crippen LogP contribution is 2.54. The predicted molar refractivity (Wildman–Crippen MR) is 356 cm³/mol. The third kappa shape index (κ3) is 9.18. The molecule has 0 N–H and O–H groups in total. The molecule has 14 rings (SSSR count). The van der Waals surface area contributed by atoms with Gasteiger partial charge in [0, 0.05) is 45.0 Å². The van der Waals surface area contributed by atoms with Gasteiger partial charge in [0.1, 0.15) is 0 Å². The maximum Gasteiger partial charge on any atom is 0.252 e. The second kappa shape index (κ2) is 20.7. The van der Waals surface area contributed by atoms with E-state index in [1.165, 1.54) is 5.56 Å². The molecule has 12 aromatic carbocycles. The molecule has 0 amide bonds. The third-order valence-electron chi connectivity index (χ3n) is 16.5. The number of rotatable bonds is 9. The quantitative estimate of drug-likeness (QED) is 0.133. The van der Waals surface area contributed by atoms with Gasteiger partial charge in [0.15, 0.2) is 0 Å². The number of anilines is 6. The van der Waals surface area contributed by atoms with Crippen LogP contribution < -0.4 is 26.2 Å². The van der Waals surface area contributed by atoms with E-state index >= 15 is 0 Å². The Morgan fingerprint density at radius 3 is 1.04 bits per heavy atom. The van der Waals surface area contributed by atoms with Gasteiger partial charge in [-0.3, -0.25) is 0 Å². The average molecular weight is 1080 g/mol. The topological polar surface area (TPSA) is 6.48 Å². The summed E-state index contributed by atoms with van der Waals surface area (Å²) in [4.78, 5) is 4.73. The molecule has 2 aliphatic heterocycles. The van der Waals surface area contributed by atoms with E-state index in [-0.39, 0.29) is 46.1 Å². The highest BCUT2D eigenvalue weighted by Gasteiger charge is 2.46. The van der Waals surface area contributed by atoms with Crippen LogP contribution >= 0.6 is 0 Å². The van der Waals surface area contributed by atoms with Crippen molar-refractivity contribution < 1.29 is 13.7 Å². The van der Waals surface area contributed by atoms with Crippen molar-refractivity contribution in [2.75, 3.05) is 9.80 Å². The summed E-state index contributed by atoms with van der Waals surface area (Å²) in [6.07, 6.45) is 0. The van der Waals surface area contributed by atoms with Crippen molar-refractivity contribution in [3.63, 3.8) is 0 Å². The Balaban J connectivity index is 1.22. The Morgan fingerprint density at radius 2 is 0.675 bits per heavy atom. The Kier molecular flexibility index (Phi) is 10.3. The van der Waals surface area contributed by atoms with E-state index in [1.54, 1.807) is 0 Å². The largest absolute Gasteiger partial charge is 0.310 e. The molecule has 0 atom stereocenters. The van der Waals surface area contributed by atoms with Gasteiger partial charge in [-0.1, -0.05) is 302 Å². The summed E-state index contributed by atoms with van der Waals surface area (Å²) in [5.74, 6) is 0. The molecule has 0 spiro atoms. The molecule has 12 aromatic rings. The van der Waals surface area contributed by atoms with Crippen molar-refractivity contribution in [3.05, 3.63) is 296 Å². The lowest BCUT2D eigenvalue weighted by Crippen LogP contribution is -2.61. The van der Waals surface area contributed by atoms with Crippen molar-refractivity contribution >= 4 is 57.2 Å². The van der Waals surface area contributed by atoms with E-state index in [1.807, 2.05) is 97.1 Å². The Hall–Kier alpha value is -9.70. The molecule has 0 radical (unpaired) electrons. The molecular weight excluding hydrogens is 1000 g/mol. The summed E-state index contributed by atoms with van der Waals surface area (Å²) >= 11 is 0. The van der Waals surface area contributed by atoms with Gasteiger partial charge in [-0.15, -0.1) is 0 Å². The lowest BCUT2D eigenvalue weighted by atomic mass is 9.33. The molecule has 0 saturated carbocycles. The predicted octanol–water partition coefficient (Wildman–Crippen LogP) is 20.0. The van der Waals surface area contributed by atoms with Gasteiger partial charge in [-0.05, 0) is 118 Å². The van der Waals surface area contributed by atoms with Crippen molar-refractivity contribution in [2.45, 2.75) is 52.4 Å². The zero-order chi connectivity index (χ0) is 65.1. The van der Waals surface area contributed by atoms with Gasteiger partial charge < -0.3 is 9.80 Å². The summed E-state index contributed by atoms with van der Waals surface area (Å²) < 4.78 is 91.1. The first-order chi connectivity index (χ1) is 44.6. The molecule has 0 fully saturated rings. The molecule has 0 unspecified atom stereocenters. The normalized spacial score (nSPS) is 14.3. The zero-order valence-corrected chi connectivity index (χ0v) is 47.3. The van der Waals surface area contributed by atoms with Crippen LogP contribution in [0.25, 0.3) is 77.9 Å². The van der Waals surface area contributed by atoms with Crippen molar-refractivity contribution in [1.82, 2.24) is 0 Å². The number of para-hydroxylation sites is 2. The van der Waals surface area contributed by atoms with Crippen LogP contribution in [0, 0.1) is 0 Å². The molecule has 3 heteroatoms. The van der Waals surface area contributed by atoms with Gasteiger partial charge in [-0.2, -0.15) is 0 Å². The van der Waals surface area contributed by atoms with Crippen LogP contribution in [0.15, 0.2) is 285 Å². The van der Waals surface area contributed by atoms with E-state index in [0.29, 0.717) is 22.5 Å². The van der Waals surface area contributed by atoms with E-state index in [9.17, 15) is 5.48 Å². The van der Waals surface area contributed by atoms with E-state index < -0.39 is 43.0 Å². The molecule has 0 aliphatic carbocycles. The summed E-state index contributed by atoms with van der Waals surface area (Å²) in [5.41, 5.74) is 19.7. The smallest absolute Gasteiger partial charge is 0.252 e. The van der Waals surface area contributed by atoms with Crippen LogP contribution in [-0.4, -0.2) is 6.71 Å². The van der Waals surface area contributed by atoms with E-state index in [0.717, 1.165) is 100 Å². The van der Waals surface area contributed by atoms with Crippen molar-refractivity contribution in [3.8, 4) is 77.9 Å². The fraction of sp³-hybridized carbons (Fsp3) is 0.100. The number of fused-ring (bicyclic) bond motifs is 4. The maximum absolute atomic E-state index is 9.46. The van der Waals surface area contributed by atoms with Crippen LogP contribution in [0.4, 0.5) is 34.1 Å². The molecule has 2 heterocycles. The molecule has 2 aliphatic rings. The first kappa shape index (κ1) is 41.3. The highest BCUT2D eigenvalue weighted by molar-refractivity contribution is 7.00. The fourth-order valence-corrected chi connectivity index (χ4v) is 12.6. The average Bonchev–Trinajstić information content (AvgIpc) is 0.688. The first-order valence-electron chi connectivity index (χ1n) is 33.5. The van der Waals surface area contributed by atoms with Crippen molar-refractivity contribution in [2.24, 2.45) is 0 Å². The summed E-state index contributed by atoms with van der Waals surface area (Å²) in [6, 6.07) is 73.7. The van der Waals surface area contributed by atoms with Gasteiger partial charge >= 0.3 is 0 Å². The fourth-order valence-electron chi connectivity index (χ4n) is 12.6. The number of benzene rings is 12. The molecule has 0 aromatic heterocycles. The van der Waals surface area contributed by atoms with Crippen LogP contribution in [0.5, 0.6) is 0 Å². The Morgan fingerprint density at radius 1 is 0.301 bits per heavy atom.